The van der Waals surface area contributed by atoms with Gasteiger partial charge in [0.25, 0.3) is 0 Å². The van der Waals surface area contributed by atoms with Crippen molar-refractivity contribution in [3.8, 4) is 11.6 Å². The summed E-state index contributed by atoms with van der Waals surface area (Å²) in [6, 6.07) is 0. The smallest absolute Gasteiger partial charge is 0.374 e. The summed E-state index contributed by atoms with van der Waals surface area (Å²) in [6.45, 7) is 0. The van der Waals surface area contributed by atoms with E-state index >= 15 is 0 Å². The Morgan fingerprint density at radius 1 is 1.35 bits per heavy atom. The van der Waals surface area contributed by atoms with E-state index in [0.29, 0.717) is 0 Å². The van der Waals surface area contributed by atoms with Gasteiger partial charge in [-0.15, -0.1) is 0 Å². The predicted molar refractivity (Wildman–Crippen MR) is 52.6 cm³/mol. The standard InChI is InChI=1S/C9H7N3O5/c1-12-2-4(10-3-12)7-11-5(8(13)14)6(17-7)9(15)16/h2-3H,1H3,(H,13,14)(H,15,16). The molecule has 0 aliphatic carbocycles. The molecule has 88 valence electrons. The fourth-order valence-electron chi connectivity index (χ4n) is 1.24. The van der Waals surface area contributed by atoms with Crippen LogP contribution >= 0.6 is 0 Å². The fourth-order valence-corrected chi connectivity index (χ4v) is 1.24. The molecule has 8 heteroatoms. The van der Waals surface area contributed by atoms with Gasteiger partial charge in [0.15, 0.2) is 0 Å². The van der Waals surface area contributed by atoms with E-state index in [1.54, 1.807) is 11.6 Å². The van der Waals surface area contributed by atoms with E-state index in [9.17, 15) is 9.59 Å². The highest BCUT2D eigenvalue weighted by molar-refractivity contribution is 5.98. The number of oxazole rings is 1. The molecule has 17 heavy (non-hydrogen) atoms. The molecule has 2 rings (SSSR count). The highest BCUT2D eigenvalue weighted by Crippen LogP contribution is 2.20. The van der Waals surface area contributed by atoms with Gasteiger partial charge in [-0.05, 0) is 0 Å². The molecule has 0 radical (unpaired) electrons. The lowest BCUT2D eigenvalue weighted by Crippen LogP contribution is -2.05. The zero-order valence-corrected chi connectivity index (χ0v) is 8.62. The van der Waals surface area contributed by atoms with Gasteiger partial charge in [0, 0.05) is 13.2 Å². The summed E-state index contributed by atoms with van der Waals surface area (Å²) in [5.41, 5.74) is -0.374. The molecule has 0 amide bonds. The summed E-state index contributed by atoms with van der Waals surface area (Å²) in [7, 11) is 1.70. The Kier molecular flexibility index (Phi) is 2.39. The number of hydrogen-bond donors (Lipinski definition) is 2. The third-order valence-corrected chi connectivity index (χ3v) is 1.95. The molecule has 0 saturated heterocycles. The molecule has 2 aromatic rings. The first kappa shape index (κ1) is 10.9. The van der Waals surface area contributed by atoms with Crippen molar-refractivity contribution in [1.82, 2.24) is 14.5 Å². The topological polar surface area (TPSA) is 118 Å². The number of rotatable bonds is 3. The van der Waals surface area contributed by atoms with Crippen molar-refractivity contribution in [3.63, 3.8) is 0 Å². The molecule has 0 unspecified atom stereocenters. The van der Waals surface area contributed by atoms with Gasteiger partial charge in [-0.25, -0.2) is 14.6 Å². The normalized spacial score (nSPS) is 10.4. The van der Waals surface area contributed by atoms with Gasteiger partial charge >= 0.3 is 11.9 Å². The number of imidazole rings is 1. The largest absolute Gasteiger partial charge is 0.476 e. The van der Waals surface area contributed by atoms with Crippen molar-refractivity contribution in [1.29, 1.82) is 0 Å². The van der Waals surface area contributed by atoms with Crippen molar-refractivity contribution in [2.24, 2.45) is 7.05 Å². The summed E-state index contributed by atoms with van der Waals surface area (Å²) >= 11 is 0. The van der Waals surface area contributed by atoms with Gasteiger partial charge in [0.2, 0.25) is 17.3 Å². The highest BCUT2D eigenvalue weighted by Gasteiger charge is 2.25. The Labute approximate surface area is 94.1 Å². The first-order valence-electron chi connectivity index (χ1n) is 4.45. The van der Waals surface area contributed by atoms with Gasteiger partial charge in [0.05, 0.1) is 6.33 Å². The summed E-state index contributed by atoms with van der Waals surface area (Å²) in [5, 5.41) is 17.5. The minimum Gasteiger partial charge on any atom is -0.476 e. The van der Waals surface area contributed by atoms with Gasteiger partial charge in [0.1, 0.15) is 5.69 Å². The van der Waals surface area contributed by atoms with Gasteiger partial charge in [-0.2, -0.15) is 4.98 Å². The molecule has 2 aromatic heterocycles. The summed E-state index contributed by atoms with van der Waals surface area (Å²) in [6.07, 6.45) is 2.99. The fraction of sp³-hybridized carbons (Fsp3) is 0.111. The van der Waals surface area contributed by atoms with Crippen molar-refractivity contribution in [2.75, 3.05) is 0 Å². The molecule has 8 nitrogen and oxygen atoms in total. The second-order valence-electron chi connectivity index (χ2n) is 3.23. The van der Waals surface area contributed by atoms with Crippen LogP contribution in [-0.4, -0.2) is 36.7 Å². The molecule has 2 heterocycles. The van der Waals surface area contributed by atoms with Crippen molar-refractivity contribution >= 4 is 11.9 Å². The SMILES string of the molecule is Cn1cnc(-c2nc(C(=O)O)c(C(=O)O)o2)c1. The lowest BCUT2D eigenvalue weighted by molar-refractivity contribution is 0.0624. The molecule has 0 aliphatic rings. The quantitative estimate of drug-likeness (QED) is 0.796. The molecule has 0 atom stereocenters. The lowest BCUT2D eigenvalue weighted by Gasteiger charge is -1.87. The lowest BCUT2D eigenvalue weighted by atomic mass is 10.3. The molecular weight excluding hydrogens is 230 g/mol. The molecule has 0 bridgehead atoms. The van der Waals surface area contributed by atoms with E-state index in [1.165, 1.54) is 12.5 Å². The van der Waals surface area contributed by atoms with Gasteiger partial charge < -0.3 is 19.2 Å². The third kappa shape index (κ3) is 1.87. The Morgan fingerprint density at radius 3 is 2.47 bits per heavy atom. The molecular formula is C9H7N3O5. The maximum absolute atomic E-state index is 10.8. The van der Waals surface area contributed by atoms with Crippen LogP contribution in [-0.2, 0) is 7.05 Å². The Balaban J connectivity index is 2.54. The van der Waals surface area contributed by atoms with E-state index in [-0.39, 0.29) is 11.6 Å². The van der Waals surface area contributed by atoms with E-state index in [4.69, 9.17) is 14.6 Å². The Hall–Kier alpha value is -2.64. The molecule has 0 aromatic carbocycles. The van der Waals surface area contributed by atoms with Crippen LogP contribution in [0.2, 0.25) is 0 Å². The van der Waals surface area contributed by atoms with E-state index < -0.39 is 23.4 Å². The number of aryl methyl sites for hydroxylation is 1. The van der Waals surface area contributed by atoms with E-state index in [0.717, 1.165) is 0 Å². The molecule has 2 N–H and O–H groups in total. The van der Waals surface area contributed by atoms with Crippen LogP contribution in [0.1, 0.15) is 21.0 Å². The maximum atomic E-state index is 10.8. The summed E-state index contributed by atoms with van der Waals surface area (Å²) in [4.78, 5) is 29.0. The minimum atomic E-state index is -1.49. The van der Waals surface area contributed by atoms with Crippen molar-refractivity contribution in [2.45, 2.75) is 0 Å². The monoisotopic (exact) mass is 237 g/mol. The summed E-state index contributed by atoms with van der Waals surface area (Å²) < 4.78 is 6.47. The van der Waals surface area contributed by atoms with Gasteiger partial charge in [-0.1, -0.05) is 0 Å². The van der Waals surface area contributed by atoms with Crippen molar-refractivity contribution in [3.05, 3.63) is 24.0 Å². The number of hydrogen-bond acceptors (Lipinski definition) is 5. The van der Waals surface area contributed by atoms with Crippen LogP contribution in [0.15, 0.2) is 16.9 Å². The first-order chi connectivity index (χ1) is 7.99. The Morgan fingerprint density at radius 2 is 2.06 bits per heavy atom. The number of aromatic carboxylic acids is 2. The van der Waals surface area contributed by atoms with Crippen LogP contribution in [0.5, 0.6) is 0 Å². The van der Waals surface area contributed by atoms with Crippen LogP contribution in [0, 0.1) is 0 Å². The van der Waals surface area contributed by atoms with Crippen LogP contribution in [0.3, 0.4) is 0 Å². The number of carboxylic acids is 2. The van der Waals surface area contributed by atoms with E-state index in [2.05, 4.69) is 9.97 Å². The summed E-state index contributed by atoms with van der Waals surface area (Å²) in [5.74, 6) is -3.80. The molecule has 0 spiro atoms. The molecule has 0 fully saturated rings. The van der Waals surface area contributed by atoms with Crippen LogP contribution in [0.4, 0.5) is 0 Å². The average molecular weight is 237 g/mol. The zero-order valence-electron chi connectivity index (χ0n) is 8.62. The highest BCUT2D eigenvalue weighted by atomic mass is 16.4. The first-order valence-corrected chi connectivity index (χ1v) is 4.45. The second kappa shape index (κ2) is 3.74. The molecule has 0 saturated carbocycles. The predicted octanol–water partition coefficient (Wildman–Crippen LogP) is 0.472. The van der Waals surface area contributed by atoms with Crippen molar-refractivity contribution < 1.29 is 24.2 Å². The number of aromatic nitrogens is 3. The van der Waals surface area contributed by atoms with E-state index in [1.807, 2.05) is 0 Å². The second-order valence-corrected chi connectivity index (χ2v) is 3.23. The minimum absolute atomic E-state index is 0.139. The number of carbonyl (C=O) groups is 2. The average Bonchev–Trinajstić information content (AvgIpc) is 2.82. The van der Waals surface area contributed by atoms with Crippen LogP contribution in [0.25, 0.3) is 11.6 Å². The number of nitrogens with zero attached hydrogens (tertiary/aromatic N) is 3. The maximum Gasteiger partial charge on any atom is 0.374 e. The zero-order chi connectivity index (χ0) is 12.6. The third-order valence-electron chi connectivity index (χ3n) is 1.95. The number of carboxylic acid groups (broad SMARTS) is 2. The molecule has 0 aliphatic heterocycles. The van der Waals surface area contributed by atoms with Crippen LogP contribution < -0.4 is 0 Å². The Bertz CT molecular complexity index is 566. The van der Waals surface area contributed by atoms with Gasteiger partial charge in [-0.3, -0.25) is 0 Å².